The first-order chi connectivity index (χ1) is 11.5. The molecule has 0 heterocycles. The zero-order valence-corrected chi connectivity index (χ0v) is 13.5. The number of halogens is 1. The summed E-state index contributed by atoms with van der Waals surface area (Å²) in [5.74, 6) is -0.447. The Morgan fingerprint density at radius 2 is 1.79 bits per heavy atom. The number of carbonyl (C=O) groups excluding carboxylic acids is 2. The highest BCUT2D eigenvalue weighted by atomic mass is 19.1. The van der Waals surface area contributed by atoms with Gasteiger partial charge in [0, 0.05) is 6.92 Å². The zero-order valence-electron chi connectivity index (χ0n) is 13.5. The Morgan fingerprint density at radius 3 is 2.46 bits per heavy atom. The van der Waals surface area contributed by atoms with Gasteiger partial charge >= 0.3 is 0 Å². The summed E-state index contributed by atoms with van der Waals surface area (Å²) in [7, 11) is 0. The van der Waals surface area contributed by atoms with Crippen LogP contribution in [0.4, 0.5) is 10.1 Å². The summed E-state index contributed by atoms with van der Waals surface area (Å²) in [5.41, 5.74) is 1.30. The molecule has 1 atom stereocenters. The molecule has 5 nitrogen and oxygen atoms in total. The number of hydrogen-bond acceptors (Lipinski definition) is 3. The minimum absolute atomic E-state index is 0.192. The van der Waals surface area contributed by atoms with Gasteiger partial charge < -0.3 is 15.4 Å². The topological polar surface area (TPSA) is 67.4 Å². The van der Waals surface area contributed by atoms with Crippen LogP contribution in [0.2, 0.25) is 0 Å². The van der Waals surface area contributed by atoms with Gasteiger partial charge in [-0.3, -0.25) is 9.59 Å². The number of hydrogen-bond donors (Lipinski definition) is 2. The molecule has 0 spiro atoms. The van der Waals surface area contributed by atoms with E-state index in [0.29, 0.717) is 11.4 Å². The fourth-order valence-electron chi connectivity index (χ4n) is 2.15. The third-order valence-electron chi connectivity index (χ3n) is 3.30. The number of amides is 2. The first-order valence-corrected chi connectivity index (χ1v) is 7.50. The summed E-state index contributed by atoms with van der Waals surface area (Å²) in [6.45, 7) is 3.01. The van der Waals surface area contributed by atoms with E-state index in [1.54, 1.807) is 43.3 Å². The summed E-state index contributed by atoms with van der Waals surface area (Å²) < 4.78 is 18.4. The standard InChI is InChI=1S/C18H19FN2O3/c1-12(14-7-9-15(19)10-8-14)20-18(23)11-24-17-6-4-3-5-16(17)21-13(2)22/h3-10,12H,11H2,1-2H3,(H,20,23)(H,21,22)/t12-/m1/s1. The second kappa shape index (κ2) is 8.10. The predicted octanol–water partition coefficient (Wildman–Crippen LogP) is 3.04. The van der Waals surface area contributed by atoms with Crippen LogP contribution in [0, 0.1) is 5.82 Å². The molecule has 0 unspecified atom stereocenters. The molecule has 0 aromatic heterocycles. The second-order valence-electron chi connectivity index (χ2n) is 5.31. The van der Waals surface area contributed by atoms with E-state index in [0.717, 1.165) is 5.56 Å². The van der Waals surface area contributed by atoms with Crippen LogP contribution < -0.4 is 15.4 Å². The second-order valence-corrected chi connectivity index (χ2v) is 5.31. The number of benzene rings is 2. The normalized spacial score (nSPS) is 11.5. The van der Waals surface area contributed by atoms with E-state index in [2.05, 4.69) is 10.6 Å². The van der Waals surface area contributed by atoms with Crippen molar-refractivity contribution in [2.24, 2.45) is 0 Å². The van der Waals surface area contributed by atoms with Gasteiger partial charge in [-0.05, 0) is 36.8 Å². The largest absolute Gasteiger partial charge is 0.482 e. The van der Waals surface area contributed by atoms with Crippen LogP contribution in [0.3, 0.4) is 0 Å². The number of ether oxygens (including phenoxy) is 1. The summed E-state index contributed by atoms with van der Waals surface area (Å²) in [6, 6.07) is 12.5. The number of anilines is 1. The van der Waals surface area contributed by atoms with Gasteiger partial charge in [-0.2, -0.15) is 0 Å². The average Bonchev–Trinajstić information content (AvgIpc) is 2.54. The number of nitrogens with one attached hydrogen (secondary N) is 2. The van der Waals surface area contributed by atoms with Crippen LogP contribution in [0.15, 0.2) is 48.5 Å². The van der Waals surface area contributed by atoms with Crippen molar-refractivity contribution in [1.82, 2.24) is 5.32 Å². The molecular weight excluding hydrogens is 311 g/mol. The highest BCUT2D eigenvalue weighted by Crippen LogP contribution is 2.23. The molecule has 2 aromatic carbocycles. The summed E-state index contributed by atoms with van der Waals surface area (Å²) in [6.07, 6.45) is 0. The lowest BCUT2D eigenvalue weighted by Gasteiger charge is -2.15. The molecule has 2 N–H and O–H groups in total. The molecule has 2 rings (SSSR count). The van der Waals surface area contributed by atoms with E-state index in [1.165, 1.54) is 19.1 Å². The van der Waals surface area contributed by atoms with Gasteiger partial charge in [0.05, 0.1) is 11.7 Å². The Morgan fingerprint density at radius 1 is 1.12 bits per heavy atom. The van der Waals surface area contributed by atoms with Crippen molar-refractivity contribution in [2.75, 3.05) is 11.9 Å². The SMILES string of the molecule is CC(=O)Nc1ccccc1OCC(=O)N[C@H](C)c1ccc(F)cc1. The van der Waals surface area contributed by atoms with Gasteiger partial charge in [-0.1, -0.05) is 24.3 Å². The lowest BCUT2D eigenvalue weighted by atomic mass is 10.1. The fraction of sp³-hybridized carbons (Fsp3) is 0.222. The van der Waals surface area contributed by atoms with Crippen molar-refractivity contribution in [2.45, 2.75) is 19.9 Å². The molecule has 0 saturated carbocycles. The third kappa shape index (κ3) is 5.08. The Labute approximate surface area is 139 Å². The maximum atomic E-state index is 12.9. The van der Waals surface area contributed by atoms with Crippen molar-refractivity contribution < 1.29 is 18.7 Å². The molecule has 24 heavy (non-hydrogen) atoms. The van der Waals surface area contributed by atoms with Gasteiger partial charge in [0.25, 0.3) is 5.91 Å². The number of carbonyl (C=O) groups is 2. The van der Waals surface area contributed by atoms with E-state index in [4.69, 9.17) is 4.74 Å². The predicted molar refractivity (Wildman–Crippen MR) is 89.2 cm³/mol. The van der Waals surface area contributed by atoms with Crippen molar-refractivity contribution in [3.05, 3.63) is 59.9 Å². The Bertz CT molecular complexity index is 716. The van der Waals surface area contributed by atoms with Crippen LogP contribution in [-0.4, -0.2) is 18.4 Å². The molecule has 0 radical (unpaired) electrons. The minimum Gasteiger partial charge on any atom is -0.482 e. The van der Waals surface area contributed by atoms with Crippen molar-refractivity contribution in [1.29, 1.82) is 0 Å². The van der Waals surface area contributed by atoms with Crippen molar-refractivity contribution in [3.63, 3.8) is 0 Å². The van der Waals surface area contributed by atoms with Crippen LogP contribution in [0.5, 0.6) is 5.75 Å². The monoisotopic (exact) mass is 330 g/mol. The first kappa shape index (κ1) is 17.5. The van der Waals surface area contributed by atoms with Crippen molar-refractivity contribution in [3.8, 4) is 5.75 Å². The molecule has 0 bridgehead atoms. The van der Waals surface area contributed by atoms with Crippen LogP contribution in [-0.2, 0) is 9.59 Å². The zero-order chi connectivity index (χ0) is 17.5. The quantitative estimate of drug-likeness (QED) is 0.855. The van der Waals surface area contributed by atoms with E-state index >= 15 is 0 Å². The van der Waals surface area contributed by atoms with Crippen LogP contribution >= 0.6 is 0 Å². The number of rotatable bonds is 6. The molecule has 126 valence electrons. The first-order valence-electron chi connectivity index (χ1n) is 7.50. The van der Waals surface area contributed by atoms with Gasteiger partial charge in [0.1, 0.15) is 11.6 Å². The lowest BCUT2D eigenvalue weighted by molar-refractivity contribution is -0.123. The Kier molecular flexibility index (Phi) is 5.89. The molecule has 2 amide bonds. The molecule has 2 aromatic rings. The van der Waals surface area contributed by atoms with Gasteiger partial charge in [0.15, 0.2) is 6.61 Å². The molecule has 0 aliphatic heterocycles. The Balaban J connectivity index is 1.91. The Hall–Kier alpha value is -2.89. The van der Waals surface area contributed by atoms with Gasteiger partial charge in [-0.25, -0.2) is 4.39 Å². The van der Waals surface area contributed by atoms with E-state index < -0.39 is 0 Å². The highest BCUT2D eigenvalue weighted by molar-refractivity contribution is 5.90. The molecule has 0 aliphatic rings. The average molecular weight is 330 g/mol. The van der Waals surface area contributed by atoms with E-state index in [9.17, 15) is 14.0 Å². The lowest BCUT2D eigenvalue weighted by Crippen LogP contribution is -2.31. The van der Waals surface area contributed by atoms with Crippen molar-refractivity contribution >= 4 is 17.5 Å². The van der Waals surface area contributed by atoms with Crippen LogP contribution in [0.1, 0.15) is 25.5 Å². The summed E-state index contributed by atoms with van der Waals surface area (Å²) in [5, 5.41) is 5.41. The van der Waals surface area contributed by atoms with E-state index in [-0.39, 0.29) is 30.3 Å². The maximum Gasteiger partial charge on any atom is 0.258 e. The fourth-order valence-corrected chi connectivity index (χ4v) is 2.15. The highest BCUT2D eigenvalue weighted by Gasteiger charge is 2.11. The smallest absolute Gasteiger partial charge is 0.258 e. The van der Waals surface area contributed by atoms with E-state index in [1.807, 2.05) is 0 Å². The minimum atomic E-state index is -0.324. The molecule has 0 aliphatic carbocycles. The molecule has 0 saturated heterocycles. The summed E-state index contributed by atoms with van der Waals surface area (Å²) in [4.78, 5) is 23.2. The third-order valence-corrected chi connectivity index (χ3v) is 3.30. The summed E-state index contributed by atoms with van der Waals surface area (Å²) >= 11 is 0. The van der Waals surface area contributed by atoms with Gasteiger partial charge in [0.2, 0.25) is 5.91 Å². The number of para-hydroxylation sites is 2. The van der Waals surface area contributed by atoms with Crippen LogP contribution in [0.25, 0.3) is 0 Å². The molecule has 6 heteroatoms. The molecular formula is C18H19FN2O3. The molecule has 0 fully saturated rings. The van der Waals surface area contributed by atoms with Gasteiger partial charge in [-0.15, -0.1) is 0 Å². The maximum absolute atomic E-state index is 12.9.